The summed E-state index contributed by atoms with van der Waals surface area (Å²) in [5.41, 5.74) is 5.85. The van der Waals surface area contributed by atoms with Crippen LogP contribution < -0.4 is 10.3 Å². The maximum atomic E-state index is 4.32. The SMILES string of the molecule is CN(C)c1ccc(C=NNc2nnc(-c3ncc[nH]3)c3ccccc23)cc1. The average Bonchev–Trinajstić information content (AvgIpc) is 3.23. The maximum Gasteiger partial charge on any atom is 0.176 e. The van der Waals surface area contributed by atoms with Crippen LogP contribution in [0, 0.1) is 0 Å². The molecule has 0 aliphatic rings. The van der Waals surface area contributed by atoms with Gasteiger partial charge in [-0.05, 0) is 17.7 Å². The molecule has 0 fully saturated rings. The van der Waals surface area contributed by atoms with Crippen LogP contribution in [0.2, 0.25) is 0 Å². The summed E-state index contributed by atoms with van der Waals surface area (Å²) in [4.78, 5) is 9.41. The van der Waals surface area contributed by atoms with E-state index in [1.54, 1.807) is 18.6 Å². The molecule has 2 heterocycles. The standard InChI is InChI=1S/C20H19N7/c1-27(2)15-9-7-14(8-10-15)13-23-25-19-17-6-4-3-5-16(17)18(24-26-19)20-21-11-12-22-20/h3-13H,1-2H3,(H,21,22)(H,25,26). The molecule has 0 unspecified atom stereocenters. The number of aromatic amines is 1. The number of aromatic nitrogens is 4. The maximum absolute atomic E-state index is 4.32. The van der Waals surface area contributed by atoms with Crippen molar-refractivity contribution in [1.29, 1.82) is 0 Å². The van der Waals surface area contributed by atoms with Gasteiger partial charge in [-0.3, -0.25) is 5.43 Å². The molecule has 0 atom stereocenters. The molecule has 7 nitrogen and oxygen atoms in total. The molecule has 0 spiro atoms. The number of nitrogens with zero attached hydrogens (tertiary/aromatic N) is 5. The van der Waals surface area contributed by atoms with Crippen LogP contribution in [-0.2, 0) is 0 Å². The van der Waals surface area contributed by atoms with Crippen LogP contribution in [0.5, 0.6) is 0 Å². The molecule has 2 N–H and O–H groups in total. The van der Waals surface area contributed by atoms with E-state index in [-0.39, 0.29) is 0 Å². The molecule has 2 aromatic heterocycles. The smallest absolute Gasteiger partial charge is 0.176 e. The van der Waals surface area contributed by atoms with Gasteiger partial charge in [0, 0.05) is 42.9 Å². The minimum Gasteiger partial charge on any atom is -0.378 e. The molecule has 0 amide bonds. The highest BCUT2D eigenvalue weighted by Gasteiger charge is 2.11. The van der Waals surface area contributed by atoms with Crippen LogP contribution >= 0.6 is 0 Å². The van der Waals surface area contributed by atoms with E-state index < -0.39 is 0 Å². The van der Waals surface area contributed by atoms with Gasteiger partial charge in [0.15, 0.2) is 11.6 Å². The summed E-state index contributed by atoms with van der Waals surface area (Å²) >= 11 is 0. The highest BCUT2D eigenvalue weighted by atomic mass is 15.3. The quantitative estimate of drug-likeness (QED) is 0.422. The number of benzene rings is 2. The Morgan fingerprint density at radius 2 is 1.78 bits per heavy atom. The Morgan fingerprint density at radius 3 is 2.48 bits per heavy atom. The van der Waals surface area contributed by atoms with E-state index in [9.17, 15) is 0 Å². The monoisotopic (exact) mass is 357 g/mol. The van der Waals surface area contributed by atoms with Crippen LogP contribution in [0.3, 0.4) is 0 Å². The summed E-state index contributed by atoms with van der Waals surface area (Å²) < 4.78 is 0. The first-order valence-corrected chi connectivity index (χ1v) is 8.54. The normalized spacial score (nSPS) is 11.2. The summed E-state index contributed by atoms with van der Waals surface area (Å²) in [6.07, 6.45) is 5.23. The highest BCUT2D eigenvalue weighted by molar-refractivity contribution is 5.99. The molecule has 4 aromatic rings. The summed E-state index contributed by atoms with van der Waals surface area (Å²) in [5, 5.41) is 14.8. The lowest BCUT2D eigenvalue weighted by molar-refractivity contribution is 1.03. The van der Waals surface area contributed by atoms with Crippen LogP contribution in [-0.4, -0.2) is 40.5 Å². The third kappa shape index (κ3) is 3.48. The van der Waals surface area contributed by atoms with Gasteiger partial charge in [-0.15, -0.1) is 10.2 Å². The zero-order chi connectivity index (χ0) is 18.6. The second kappa shape index (κ2) is 7.25. The Balaban J connectivity index is 1.60. The molecule has 0 saturated carbocycles. The van der Waals surface area contributed by atoms with Crippen LogP contribution in [0.4, 0.5) is 11.5 Å². The Labute approximate surface area is 156 Å². The first-order valence-electron chi connectivity index (χ1n) is 8.54. The molecule has 0 saturated heterocycles. The average molecular weight is 357 g/mol. The zero-order valence-corrected chi connectivity index (χ0v) is 15.1. The van der Waals surface area contributed by atoms with Crippen molar-refractivity contribution in [2.75, 3.05) is 24.4 Å². The molecule has 0 bridgehead atoms. The first kappa shape index (κ1) is 16.7. The Hall–Kier alpha value is -3.74. The molecular formula is C20H19N7. The lowest BCUT2D eigenvalue weighted by Crippen LogP contribution is -2.08. The van der Waals surface area contributed by atoms with Gasteiger partial charge >= 0.3 is 0 Å². The van der Waals surface area contributed by atoms with Gasteiger partial charge < -0.3 is 9.88 Å². The largest absolute Gasteiger partial charge is 0.378 e. The number of rotatable bonds is 5. The molecule has 0 aliphatic heterocycles. The van der Waals surface area contributed by atoms with E-state index in [4.69, 9.17) is 0 Å². The number of hydrazone groups is 1. The fraction of sp³-hybridized carbons (Fsp3) is 0.100. The topological polar surface area (TPSA) is 82.1 Å². The van der Waals surface area contributed by atoms with Crippen molar-refractivity contribution >= 4 is 28.5 Å². The number of H-pyrrole nitrogens is 1. The van der Waals surface area contributed by atoms with Crippen LogP contribution in [0.25, 0.3) is 22.3 Å². The summed E-state index contributed by atoms with van der Waals surface area (Å²) in [6, 6.07) is 16.1. The second-order valence-electron chi connectivity index (χ2n) is 6.24. The predicted molar refractivity (Wildman–Crippen MR) is 109 cm³/mol. The third-order valence-corrected chi connectivity index (χ3v) is 4.20. The summed E-state index contributed by atoms with van der Waals surface area (Å²) in [7, 11) is 4.03. The van der Waals surface area contributed by atoms with Crippen LogP contribution in [0.15, 0.2) is 66.0 Å². The van der Waals surface area contributed by atoms with Gasteiger partial charge in [0.1, 0.15) is 5.69 Å². The molecule has 4 rings (SSSR count). The van der Waals surface area contributed by atoms with E-state index in [1.165, 1.54) is 0 Å². The van der Waals surface area contributed by atoms with Gasteiger partial charge in [-0.25, -0.2) is 4.98 Å². The molecule has 0 aliphatic carbocycles. The lowest BCUT2D eigenvalue weighted by atomic mass is 10.1. The molecule has 27 heavy (non-hydrogen) atoms. The first-order chi connectivity index (χ1) is 13.2. The second-order valence-corrected chi connectivity index (χ2v) is 6.24. The number of fused-ring (bicyclic) bond motifs is 1. The molecular weight excluding hydrogens is 338 g/mol. The van der Waals surface area contributed by atoms with Gasteiger partial charge in [0.05, 0.1) is 6.21 Å². The summed E-state index contributed by atoms with van der Waals surface area (Å²) in [5.74, 6) is 1.29. The molecule has 0 radical (unpaired) electrons. The number of hydrogen-bond acceptors (Lipinski definition) is 6. The predicted octanol–water partition coefficient (Wildman–Crippen LogP) is 3.53. The number of nitrogens with one attached hydrogen (secondary N) is 2. The molecule has 134 valence electrons. The summed E-state index contributed by atoms with van der Waals surface area (Å²) in [6.45, 7) is 0. The Bertz CT molecular complexity index is 1070. The lowest BCUT2D eigenvalue weighted by Gasteiger charge is -2.11. The van der Waals surface area contributed by atoms with Crippen molar-refractivity contribution in [2.45, 2.75) is 0 Å². The Kier molecular flexibility index (Phi) is 4.49. The van der Waals surface area contributed by atoms with Crippen molar-refractivity contribution in [2.24, 2.45) is 5.10 Å². The highest BCUT2D eigenvalue weighted by Crippen LogP contribution is 2.27. The van der Waals surface area contributed by atoms with Gasteiger partial charge in [0.2, 0.25) is 0 Å². The third-order valence-electron chi connectivity index (χ3n) is 4.20. The van der Waals surface area contributed by atoms with Crippen molar-refractivity contribution in [3.63, 3.8) is 0 Å². The minimum absolute atomic E-state index is 0.599. The molecule has 2 aromatic carbocycles. The minimum atomic E-state index is 0.599. The van der Waals surface area contributed by atoms with Crippen molar-refractivity contribution in [3.05, 3.63) is 66.5 Å². The van der Waals surface area contributed by atoms with Gasteiger partial charge in [-0.2, -0.15) is 5.10 Å². The Morgan fingerprint density at radius 1 is 1.00 bits per heavy atom. The number of hydrogen-bond donors (Lipinski definition) is 2. The van der Waals surface area contributed by atoms with Gasteiger partial charge in [-0.1, -0.05) is 36.4 Å². The van der Waals surface area contributed by atoms with Crippen molar-refractivity contribution in [1.82, 2.24) is 20.2 Å². The fourth-order valence-electron chi connectivity index (χ4n) is 2.78. The number of anilines is 2. The number of imidazole rings is 1. The van der Waals surface area contributed by atoms with E-state index in [0.29, 0.717) is 17.3 Å². The van der Waals surface area contributed by atoms with E-state index in [1.807, 2.05) is 50.5 Å². The fourth-order valence-corrected chi connectivity index (χ4v) is 2.78. The van der Waals surface area contributed by atoms with E-state index in [0.717, 1.165) is 22.0 Å². The zero-order valence-electron chi connectivity index (χ0n) is 15.1. The van der Waals surface area contributed by atoms with Crippen molar-refractivity contribution in [3.8, 4) is 11.5 Å². The van der Waals surface area contributed by atoms with E-state index >= 15 is 0 Å². The van der Waals surface area contributed by atoms with E-state index in [2.05, 4.69) is 47.7 Å². The van der Waals surface area contributed by atoms with Crippen molar-refractivity contribution < 1.29 is 0 Å². The van der Waals surface area contributed by atoms with Crippen LogP contribution in [0.1, 0.15) is 5.56 Å². The van der Waals surface area contributed by atoms with Gasteiger partial charge in [0.25, 0.3) is 0 Å². The molecule has 7 heteroatoms.